The molecule has 19 heavy (non-hydrogen) atoms. The molecule has 2 aliphatic rings. The molecule has 1 unspecified atom stereocenters. The lowest BCUT2D eigenvalue weighted by Gasteiger charge is -2.37. The predicted octanol–water partition coefficient (Wildman–Crippen LogP) is 0.130. The molecule has 0 radical (unpaired) electrons. The van der Waals surface area contributed by atoms with Crippen molar-refractivity contribution in [1.29, 1.82) is 0 Å². The zero-order valence-electron chi connectivity index (χ0n) is 11.6. The lowest BCUT2D eigenvalue weighted by Crippen LogP contribution is -2.56. The Kier molecular flexibility index (Phi) is 4.63. The van der Waals surface area contributed by atoms with Gasteiger partial charge in [-0.2, -0.15) is 0 Å². The highest BCUT2D eigenvalue weighted by Gasteiger charge is 2.27. The van der Waals surface area contributed by atoms with E-state index in [9.17, 15) is 9.59 Å². The number of nitrogens with zero attached hydrogens (tertiary/aromatic N) is 2. The summed E-state index contributed by atoms with van der Waals surface area (Å²) in [6.07, 6.45) is 4.64. The van der Waals surface area contributed by atoms with Crippen molar-refractivity contribution in [3.8, 4) is 0 Å². The van der Waals surface area contributed by atoms with Gasteiger partial charge in [-0.15, -0.1) is 0 Å². The molecule has 1 saturated carbocycles. The SMILES string of the molecule is CC(C(N)=O)N1CCN(C(=O)NC2CCCC2)CC1. The van der Waals surface area contributed by atoms with Crippen molar-refractivity contribution < 1.29 is 9.59 Å². The molecule has 0 bridgehead atoms. The first-order chi connectivity index (χ1) is 9.08. The van der Waals surface area contributed by atoms with E-state index in [4.69, 9.17) is 5.73 Å². The second-order valence-corrected chi connectivity index (χ2v) is 5.53. The number of primary amides is 1. The average Bonchev–Trinajstić information content (AvgIpc) is 2.90. The minimum atomic E-state index is -0.302. The summed E-state index contributed by atoms with van der Waals surface area (Å²) in [6, 6.07) is 0.147. The third-order valence-electron chi connectivity index (χ3n) is 4.24. The molecule has 0 spiro atoms. The number of piperazine rings is 1. The fourth-order valence-corrected chi connectivity index (χ4v) is 2.83. The molecule has 2 rings (SSSR count). The summed E-state index contributed by atoms with van der Waals surface area (Å²) in [5.41, 5.74) is 5.30. The van der Waals surface area contributed by atoms with Gasteiger partial charge in [-0.1, -0.05) is 12.8 Å². The van der Waals surface area contributed by atoms with Crippen molar-refractivity contribution in [3.05, 3.63) is 0 Å². The highest BCUT2D eigenvalue weighted by Crippen LogP contribution is 2.18. The average molecular weight is 268 g/mol. The Morgan fingerprint density at radius 1 is 1.16 bits per heavy atom. The van der Waals surface area contributed by atoms with Gasteiger partial charge in [0.2, 0.25) is 5.91 Å². The fraction of sp³-hybridized carbons (Fsp3) is 0.846. The molecule has 1 aliphatic heterocycles. The minimum absolute atomic E-state index is 0.0401. The van der Waals surface area contributed by atoms with Crippen LogP contribution in [0.25, 0.3) is 0 Å². The van der Waals surface area contributed by atoms with Crippen LogP contribution in [0.1, 0.15) is 32.6 Å². The van der Waals surface area contributed by atoms with Gasteiger partial charge in [0.15, 0.2) is 0 Å². The molecule has 0 aromatic carbocycles. The number of hydrogen-bond acceptors (Lipinski definition) is 3. The molecule has 1 heterocycles. The normalized spacial score (nSPS) is 23.3. The van der Waals surface area contributed by atoms with E-state index >= 15 is 0 Å². The number of amides is 3. The summed E-state index contributed by atoms with van der Waals surface area (Å²) in [4.78, 5) is 27.1. The maximum atomic E-state index is 12.1. The third kappa shape index (κ3) is 3.59. The number of hydrogen-bond donors (Lipinski definition) is 2. The maximum absolute atomic E-state index is 12.1. The van der Waals surface area contributed by atoms with Crippen molar-refractivity contribution in [2.24, 2.45) is 5.73 Å². The van der Waals surface area contributed by atoms with Crippen molar-refractivity contribution >= 4 is 11.9 Å². The highest BCUT2D eigenvalue weighted by atomic mass is 16.2. The van der Waals surface area contributed by atoms with Gasteiger partial charge in [0.1, 0.15) is 0 Å². The van der Waals surface area contributed by atoms with Gasteiger partial charge in [0, 0.05) is 32.2 Å². The van der Waals surface area contributed by atoms with Gasteiger partial charge >= 0.3 is 6.03 Å². The molecule has 3 N–H and O–H groups in total. The summed E-state index contributed by atoms with van der Waals surface area (Å²) >= 11 is 0. The van der Waals surface area contributed by atoms with E-state index < -0.39 is 0 Å². The summed E-state index contributed by atoms with van der Waals surface area (Å²) < 4.78 is 0. The number of urea groups is 1. The first-order valence-corrected chi connectivity index (χ1v) is 7.16. The Morgan fingerprint density at radius 3 is 2.26 bits per heavy atom. The van der Waals surface area contributed by atoms with Crippen LogP contribution in [0, 0.1) is 0 Å². The van der Waals surface area contributed by atoms with E-state index in [1.54, 1.807) is 0 Å². The molecule has 3 amide bonds. The van der Waals surface area contributed by atoms with E-state index in [-0.39, 0.29) is 18.0 Å². The van der Waals surface area contributed by atoms with E-state index in [0.717, 1.165) is 12.8 Å². The molecular formula is C13H24N4O2. The lowest BCUT2D eigenvalue weighted by atomic mass is 10.2. The van der Waals surface area contributed by atoms with Crippen molar-refractivity contribution in [3.63, 3.8) is 0 Å². The van der Waals surface area contributed by atoms with Crippen LogP contribution in [0.15, 0.2) is 0 Å². The van der Waals surface area contributed by atoms with Crippen LogP contribution in [-0.2, 0) is 4.79 Å². The second-order valence-electron chi connectivity index (χ2n) is 5.53. The fourth-order valence-electron chi connectivity index (χ4n) is 2.83. The summed E-state index contributed by atoms with van der Waals surface area (Å²) in [5, 5.41) is 3.09. The summed E-state index contributed by atoms with van der Waals surface area (Å²) in [5.74, 6) is -0.302. The highest BCUT2D eigenvalue weighted by molar-refractivity contribution is 5.79. The largest absolute Gasteiger partial charge is 0.368 e. The minimum Gasteiger partial charge on any atom is -0.368 e. The standard InChI is InChI=1S/C13H24N4O2/c1-10(12(14)18)16-6-8-17(9-7-16)13(19)15-11-4-2-3-5-11/h10-11H,2-9H2,1H3,(H2,14,18)(H,15,19). The van der Waals surface area contributed by atoms with Crippen LogP contribution in [-0.4, -0.2) is 60.0 Å². The number of rotatable bonds is 3. The zero-order valence-corrected chi connectivity index (χ0v) is 11.6. The van der Waals surface area contributed by atoms with Gasteiger partial charge in [-0.3, -0.25) is 9.69 Å². The van der Waals surface area contributed by atoms with Crippen LogP contribution >= 0.6 is 0 Å². The van der Waals surface area contributed by atoms with Crippen molar-refractivity contribution in [2.75, 3.05) is 26.2 Å². The first-order valence-electron chi connectivity index (χ1n) is 7.16. The molecule has 6 nitrogen and oxygen atoms in total. The van der Waals surface area contributed by atoms with E-state index in [1.165, 1.54) is 12.8 Å². The molecule has 1 saturated heterocycles. The zero-order chi connectivity index (χ0) is 13.8. The monoisotopic (exact) mass is 268 g/mol. The van der Waals surface area contributed by atoms with Gasteiger partial charge in [-0.05, 0) is 19.8 Å². The molecule has 2 fully saturated rings. The van der Waals surface area contributed by atoms with E-state index in [0.29, 0.717) is 32.2 Å². The Labute approximate surface area is 114 Å². The van der Waals surface area contributed by atoms with Crippen molar-refractivity contribution in [2.45, 2.75) is 44.7 Å². The van der Waals surface area contributed by atoms with E-state index in [1.807, 2.05) is 16.7 Å². The molecule has 1 atom stereocenters. The lowest BCUT2D eigenvalue weighted by molar-refractivity contribution is -0.123. The van der Waals surface area contributed by atoms with Crippen LogP contribution in [0.4, 0.5) is 4.79 Å². The topological polar surface area (TPSA) is 78.7 Å². The summed E-state index contributed by atoms with van der Waals surface area (Å²) in [7, 11) is 0. The van der Waals surface area contributed by atoms with Gasteiger partial charge < -0.3 is 16.0 Å². The first kappa shape index (κ1) is 14.1. The van der Waals surface area contributed by atoms with Crippen LogP contribution < -0.4 is 11.1 Å². The molecule has 108 valence electrons. The smallest absolute Gasteiger partial charge is 0.317 e. The number of carbonyl (C=O) groups is 2. The van der Waals surface area contributed by atoms with Crippen molar-refractivity contribution in [1.82, 2.24) is 15.1 Å². The molecular weight excluding hydrogens is 244 g/mol. The molecule has 0 aromatic heterocycles. The molecule has 6 heteroatoms. The molecule has 1 aliphatic carbocycles. The Bertz CT molecular complexity index is 334. The Hall–Kier alpha value is -1.30. The predicted molar refractivity (Wildman–Crippen MR) is 72.6 cm³/mol. The van der Waals surface area contributed by atoms with Crippen LogP contribution in [0.2, 0.25) is 0 Å². The number of nitrogens with two attached hydrogens (primary N) is 1. The Morgan fingerprint density at radius 2 is 1.74 bits per heavy atom. The Balaban J connectivity index is 1.76. The van der Waals surface area contributed by atoms with Crippen LogP contribution in [0.3, 0.4) is 0 Å². The second kappa shape index (κ2) is 6.23. The number of nitrogens with one attached hydrogen (secondary N) is 1. The molecule has 0 aromatic rings. The van der Waals surface area contributed by atoms with Gasteiger partial charge in [0.05, 0.1) is 6.04 Å². The maximum Gasteiger partial charge on any atom is 0.317 e. The summed E-state index contributed by atoms with van der Waals surface area (Å²) in [6.45, 7) is 4.56. The van der Waals surface area contributed by atoms with Gasteiger partial charge in [-0.25, -0.2) is 4.79 Å². The van der Waals surface area contributed by atoms with Crippen LogP contribution in [0.5, 0.6) is 0 Å². The number of carbonyl (C=O) groups excluding carboxylic acids is 2. The third-order valence-corrected chi connectivity index (χ3v) is 4.24. The van der Waals surface area contributed by atoms with E-state index in [2.05, 4.69) is 5.32 Å². The van der Waals surface area contributed by atoms with Gasteiger partial charge in [0.25, 0.3) is 0 Å². The quantitative estimate of drug-likeness (QED) is 0.763.